The molecule has 0 aliphatic rings. The minimum absolute atomic E-state index is 0.0994. The van der Waals surface area contributed by atoms with Gasteiger partial charge < -0.3 is 4.98 Å². The van der Waals surface area contributed by atoms with Gasteiger partial charge in [0.1, 0.15) is 0 Å². The minimum Gasteiger partial charge on any atom is -0.359 e. The zero-order valence-corrected chi connectivity index (χ0v) is 11.9. The number of para-hydroxylation sites is 1. The number of hydrogen-bond acceptors (Lipinski definition) is 1. The number of hydrogen-bond donors (Lipinski definition) is 1. The number of ketones is 1. The van der Waals surface area contributed by atoms with Gasteiger partial charge in [0.15, 0.2) is 5.78 Å². The van der Waals surface area contributed by atoms with Gasteiger partial charge in [0, 0.05) is 23.6 Å². The summed E-state index contributed by atoms with van der Waals surface area (Å²) in [5.41, 5.74) is 3.74. The summed E-state index contributed by atoms with van der Waals surface area (Å²) in [7, 11) is 0. The van der Waals surface area contributed by atoms with Crippen LogP contribution >= 0.6 is 11.6 Å². The molecule has 20 heavy (non-hydrogen) atoms. The molecule has 1 heterocycles. The van der Waals surface area contributed by atoms with Crippen LogP contribution in [0.2, 0.25) is 5.02 Å². The van der Waals surface area contributed by atoms with Crippen molar-refractivity contribution in [3.8, 4) is 0 Å². The van der Waals surface area contributed by atoms with Gasteiger partial charge in [-0.3, -0.25) is 4.79 Å². The van der Waals surface area contributed by atoms with Crippen molar-refractivity contribution < 1.29 is 4.79 Å². The number of carbonyl (C=O) groups excluding carboxylic acids is 1. The van der Waals surface area contributed by atoms with E-state index in [-0.39, 0.29) is 5.78 Å². The van der Waals surface area contributed by atoms with Crippen LogP contribution in [0.3, 0.4) is 0 Å². The molecule has 0 saturated heterocycles. The van der Waals surface area contributed by atoms with Gasteiger partial charge in [0.25, 0.3) is 0 Å². The second kappa shape index (κ2) is 5.14. The number of Topliss-reactive ketones (excluding diaryl/α,β-unsaturated/α-hetero) is 1. The average molecular weight is 284 g/mol. The molecule has 3 heteroatoms. The molecule has 1 aromatic heterocycles. The fourth-order valence-corrected chi connectivity index (χ4v) is 2.56. The SMILES string of the molecule is Cc1ccc(CC(=O)c2c[nH]c3c(Cl)cccc23)cc1. The Kier molecular flexibility index (Phi) is 3.33. The number of aromatic amines is 1. The van der Waals surface area contributed by atoms with Crippen LogP contribution in [0.25, 0.3) is 10.9 Å². The van der Waals surface area contributed by atoms with Crippen molar-refractivity contribution in [2.75, 3.05) is 0 Å². The highest BCUT2D eigenvalue weighted by atomic mass is 35.5. The zero-order chi connectivity index (χ0) is 14.1. The van der Waals surface area contributed by atoms with Crippen molar-refractivity contribution >= 4 is 28.3 Å². The molecule has 0 radical (unpaired) electrons. The zero-order valence-electron chi connectivity index (χ0n) is 11.1. The van der Waals surface area contributed by atoms with E-state index in [0.29, 0.717) is 17.0 Å². The number of rotatable bonds is 3. The molecule has 0 saturated carbocycles. The fraction of sp³-hybridized carbons (Fsp3) is 0.118. The molecule has 2 aromatic carbocycles. The van der Waals surface area contributed by atoms with E-state index in [9.17, 15) is 4.79 Å². The molecular formula is C17H14ClNO. The molecule has 0 atom stereocenters. The van der Waals surface area contributed by atoms with Gasteiger partial charge in [-0.1, -0.05) is 53.6 Å². The fourth-order valence-electron chi connectivity index (χ4n) is 2.33. The van der Waals surface area contributed by atoms with Gasteiger partial charge in [-0.25, -0.2) is 0 Å². The third kappa shape index (κ3) is 2.35. The monoisotopic (exact) mass is 283 g/mol. The molecule has 3 aromatic rings. The van der Waals surface area contributed by atoms with Gasteiger partial charge in [-0.2, -0.15) is 0 Å². The standard InChI is InChI=1S/C17H14ClNO/c1-11-5-7-12(8-6-11)9-16(20)14-10-19-17-13(14)3-2-4-15(17)18/h2-8,10,19H,9H2,1H3. The highest BCUT2D eigenvalue weighted by Crippen LogP contribution is 2.26. The summed E-state index contributed by atoms with van der Waals surface area (Å²) in [5.74, 6) is 0.0994. The van der Waals surface area contributed by atoms with E-state index >= 15 is 0 Å². The van der Waals surface area contributed by atoms with E-state index in [1.165, 1.54) is 5.56 Å². The molecule has 0 unspecified atom stereocenters. The van der Waals surface area contributed by atoms with Crippen LogP contribution in [0.4, 0.5) is 0 Å². The predicted molar refractivity (Wildman–Crippen MR) is 82.5 cm³/mol. The molecule has 3 rings (SSSR count). The van der Waals surface area contributed by atoms with Crippen LogP contribution in [0.15, 0.2) is 48.7 Å². The van der Waals surface area contributed by atoms with E-state index in [0.717, 1.165) is 16.5 Å². The van der Waals surface area contributed by atoms with E-state index in [2.05, 4.69) is 4.98 Å². The molecule has 100 valence electrons. The molecule has 0 bridgehead atoms. The van der Waals surface area contributed by atoms with E-state index in [4.69, 9.17) is 11.6 Å². The van der Waals surface area contributed by atoms with Crippen molar-refractivity contribution in [1.82, 2.24) is 4.98 Å². The summed E-state index contributed by atoms with van der Waals surface area (Å²) < 4.78 is 0. The lowest BCUT2D eigenvalue weighted by molar-refractivity contribution is 0.0994. The molecular weight excluding hydrogens is 270 g/mol. The molecule has 1 N–H and O–H groups in total. The number of nitrogens with one attached hydrogen (secondary N) is 1. The van der Waals surface area contributed by atoms with Crippen molar-refractivity contribution in [3.05, 3.63) is 70.4 Å². The third-order valence-electron chi connectivity index (χ3n) is 3.45. The first-order valence-electron chi connectivity index (χ1n) is 6.49. The topological polar surface area (TPSA) is 32.9 Å². The normalized spacial score (nSPS) is 10.9. The third-order valence-corrected chi connectivity index (χ3v) is 3.77. The van der Waals surface area contributed by atoms with Gasteiger partial charge in [-0.05, 0) is 18.6 Å². The molecule has 0 aliphatic heterocycles. The first-order valence-corrected chi connectivity index (χ1v) is 6.87. The summed E-state index contributed by atoms with van der Waals surface area (Å²) in [5, 5.41) is 1.52. The van der Waals surface area contributed by atoms with Crippen LogP contribution in [0.5, 0.6) is 0 Å². The summed E-state index contributed by atoms with van der Waals surface area (Å²) in [6.07, 6.45) is 2.15. The first kappa shape index (κ1) is 12.9. The van der Waals surface area contributed by atoms with Crippen LogP contribution in [0, 0.1) is 6.92 Å². The number of aryl methyl sites for hydroxylation is 1. The maximum absolute atomic E-state index is 12.4. The van der Waals surface area contributed by atoms with Gasteiger partial charge in [0.05, 0.1) is 10.5 Å². The Morgan fingerprint density at radius 3 is 2.65 bits per heavy atom. The number of H-pyrrole nitrogens is 1. The second-order valence-corrected chi connectivity index (χ2v) is 5.36. The Bertz CT molecular complexity index is 771. The number of fused-ring (bicyclic) bond motifs is 1. The number of carbonyl (C=O) groups is 1. The van der Waals surface area contributed by atoms with Gasteiger partial charge in [-0.15, -0.1) is 0 Å². The molecule has 0 aliphatic carbocycles. The largest absolute Gasteiger partial charge is 0.359 e. The number of aromatic nitrogens is 1. The Morgan fingerprint density at radius 2 is 1.90 bits per heavy atom. The molecule has 0 spiro atoms. The lowest BCUT2D eigenvalue weighted by Gasteiger charge is -2.01. The van der Waals surface area contributed by atoms with Crippen LogP contribution in [-0.2, 0) is 6.42 Å². The van der Waals surface area contributed by atoms with E-state index in [1.807, 2.05) is 49.4 Å². The first-order chi connectivity index (χ1) is 9.65. The highest BCUT2D eigenvalue weighted by Gasteiger charge is 2.13. The molecule has 0 fully saturated rings. The Labute approximate surface area is 122 Å². The van der Waals surface area contributed by atoms with E-state index < -0.39 is 0 Å². The van der Waals surface area contributed by atoms with Crippen molar-refractivity contribution in [3.63, 3.8) is 0 Å². The maximum Gasteiger partial charge on any atom is 0.169 e. The average Bonchev–Trinajstić information content (AvgIpc) is 2.87. The predicted octanol–water partition coefficient (Wildman–Crippen LogP) is 4.56. The van der Waals surface area contributed by atoms with Crippen molar-refractivity contribution in [2.45, 2.75) is 13.3 Å². The lowest BCUT2D eigenvalue weighted by atomic mass is 10.0. The summed E-state index contributed by atoms with van der Waals surface area (Å²) in [6, 6.07) is 13.6. The van der Waals surface area contributed by atoms with Gasteiger partial charge >= 0.3 is 0 Å². The quantitative estimate of drug-likeness (QED) is 0.703. The van der Waals surface area contributed by atoms with Crippen LogP contribution in [0.1, 0.15) is 21.5 Å². The Hall–Kier alpha value is -2.06. The molecule has 0 amide bonds. The van der Waals surface area contributed by atoms with E-state index in [1.54, 1.807) is 6.20 Å². The minimum atomic E-state index is 0.0994. The number of halogens is 1. The van der Waals surface area contributed by atoms with Crippen molar-refractivity contribution in [1.29, 1.82) is 0 Å². The highest BCUT2D eigenvalue weighted by molar-refractivity contribution is 6.35. The van der Waals surface area contributed by atoms with Crippen LogP contribution < -0.4 is 0 Å². The summed E-state index contributed by atoms with van der Waals surface area (Å²) in [4.78, 5) is 15.5. The number of benzene rings is 2. The summed E-state index contributed by atoms with van der Waals surface area (Å²) in [6.45, 7) is 2.03. The Morgan fingerprint density at radius 1 is 1.15 bits per heavy atom. The Balaban J connectivity index is 1.93. The smallest absolute Gasteiger partial charge is 0.169 e. The van der Waals surface area contributed by atoms with Crippen molar-refractivity contribution in [2.24, 2.45) is 0 Å². The van der Waals surface area contributed by atoms with Gasteiger partial charge in [0.2, 0.25) is 0 Å². The second-order valence-electron chi connectivity index (χ2n) is 4.95. The summed E-state index contributed by atoms with van der Waals surface area (Å²) >= 11 is 6.11. The lowest BCUT2D eigenvalue weighted by Crippen LogP contribution is -2.02. The van der Waals surface area contributed by atoms with Crippen LogP contribution in [-0.4, -0.2) is 10.8 Å². The molecule has 2 nitrogen and oxygen atoms in total. The maximum atomic E-state index is 12.4.